The van der Waals surface area contributed by atoms with Gasteiger partial charge >= 0.3 is 0 Å². The monoisotopic (exact) mass is 491 g/mol. The van der Waals surface area contributed by atoms with E-state index in [4.69, 9.17) is 32.9 Å². The average Bonchev–Trinajstić information content (AvgIpc) is 2.80. The lowest BCUT2D eigenvalue weighted by molar-refractivity contribution is -0.120. The molecule has 0 aromatic carbocycles. The molecule has 2 saturated heterocycles. The van der Waals surface area contributed by atoms with E-state index in [9.17, 15) is 4.79 Å². The van der Waals surface area contributed by atoms with Gasteiger partial charge in [0.1, 0.15) is 11.6 Å². The first-order chi connectivity index (χ1) is 15.8. The molecule has 2 aliphatic rings. The van der Waals surface area contributed by atoms with E-state index in [0.717, 1.165) is 51.2 Å². The first-order valence-corrected chi connectivity index (χ1v) is 12.3. The van der Waals surface area contributed by atoms with Crippen molar-refractivity contribution >= 4 is 40.7 Å². The number of carbonyl (C=O) groups is 1. The van der Waals surface area contributed by atoms with Gasteiger partial charge in [-0.15, -0.1) is 0 Å². The Bertz CT molecular complexity index is 995. The molecule has 0 spiro atoms. The lowest BCUT2D eigenvalue weighted by atomic mass is 9.88. The molecule has 9 heteroatoms. The second-order valence-electron chi connectivity index (χ2n) is 9.46. The Balaban J connectivity index is 1.48. The third kappa shape index (κ3) is 6.35. The van der Waals surface area contributed by atoms with Gasteiger partial charge < -0.3 is 20.7 Å². The highest BCUT2D eigenvalue weighted by Gasteiger charge is 2.28. The van der Waals surface area contributed by atoms with Crippen LogP contribution in [0.25, 0.3) is 11.3 Å². The molecule has 3 N–H and O–H groups in total. The Hall–Kier alpha value is -1.93. The summed E-state index contributed by atoms with van der Waals surface area (Å²) in [6, 6.07) is 5.41. The number of hydrogen-bond donors (Lipinski definition) is 3. The van der Waals surface area contributed by atoms with Crippen LogP contribution in [0.15, 0.2) is 24.4 Å². The van der Waals surface area contributed by atoms with E-state index < -0.39 is 0 Å². The van der Waals surface area contributed by atoms with Crippen molar-refractivity contribution in [2.24, 2.45) is 11.8 Å². The summed E-state index contributed by atoms with van der Waals surface area (Å²) in [5, 5.41) is 10.5. The summed E-state index contributed by atoms with van der Waals surface area (Å²) >= 11 is 12.9. The predicted molar refractivity (Wildman–Crippen MR) is 133 cm³/mol. The van der Waals surface area contributed by atoms with Gasteiger partial charge in [0.15, 0.2) is 0 Å². The summed E-state index contributed by atoms with van der Waals surface area (Å²) in [6.07, 6.45) is 5.39. The van der Waals surface area contributed by atoms with Crippen LogP contribution in [-0.2, 0) is 9.53 Å². The van der Waals surface area contributed by atoms with Gasteiger partial charge in [0.05, 0.1) is 27.3 Å². The first-order valence-electron chi connectivity index (χ1n) is 11.5. The Morgan fingerprint density at radius 3 is 2.85 bits per heavy atom. The van der Waals surface area contributed by atoms with Crippen molar-refractivity contribution in [3.8, 4) is 11.3 Å². The SMILES string of the molecule is CC1(C)CC(CNc2ccc(Cl)c(-c3cc(NC(=O)[C@@H]4CCCNC4)ncc3Cl)n2)CCO1. The minimum atomic E-state index is -0.0950. The number of rotatable bonds is 6. The van der Waals surface area contributed by atoms with Gasteiger partial charge in [-0.05, 0) is 70.2 Å². The summed E-state index contributed by atoms with van der Waals surface area (Å²) in [6.45, 7) is 7.47. The fourth-order valence-corrected chi connectivity index (χ4v) is 4.90. The van der Waals surface area contributed by atoms with E-state index in [0.29, 0.717) is 39.6 Å². The summed E-state index contributed by atoms with van der Waals surface area (Å²) in [4.78, 5) is 21.6. The van der Waals surface area contributed by atoms with E-state index in [2.05, 4.69) is 34.8 Å². The Morgan fingerprint density at radius 1 is 1.24 bits per heavy atom. The van der Waals surface area contributed by atoms with Gasteiger partial charge in [-0.1, -0.05) is 23.2 Å². The average molecular weight is 492 g/mol. The quantitative estimate of drug-likeness (QED) is 0.526. The zero-order valence-corrected chi connectivity index (χ0v) is 20.6. The van der Waals surface area contributed by atoms with Crippen LogP contribution < -0.4 is 16.0 Å². The van der Waals surface area contributed by atoms with Crippen molar-refractivity contribution in [2.75, 3.05) is 36.9 Å². The lowest BCUT2D eigenvalue weighted by Crippen LogP contribution is -2.37. The molecular formula is C24H31Cl2N5O2. The van der Waals surface area contributed by atoms with Crippen molar-refractivity contribution < 1.29 is 9.53 Å². The highest BCUT2D eigenvalue weighted by Crippen LogP contribution is 2.34. The first kappa shape index (κ1) is 24.2. The Labute approximate surface area is 205 Å². The summed E-state index contributed by atoms with van der Waals surface area (Å²) in [7, 11) is 0. The lowest BCUT2D eigenvalue weighted by Gasteiger charge is -2.35. The van der Waals surface area contributed by atoms with Crippen molar-refractivity contribution in [3.63, 3.8) is 0 Å². The molecule has 1 unspecified atom stereocenters. The van der Waals surface area contributed by atoms with E-state index in [1.807, 2.05) is 12.1 Å². The molecule has 2 fully saturated rings. The van der Waals surface area contributed by atoms with Gasteiger partial charge in [-0.25, -0.2) is 9.97 Å². The second kappa shape index (κ2) is 10.6. The molecule has 7 nitrogen and oxygen atoms in total. The number of pyridine rings is 2. The largest absolute Gasteiger partial charge is 0.376 e. The molecule has 0 aliphatic carbocycles. The number of carbonyl (C=O) groups excluding carboxylic acids is 1. The molecule has 0 bridgehead atoms. The van der Waals surface area contributed by atoms with E-state index in [1.54, 1.807) is 6.07 Å². The third-order valence-corrected chi connectivity index (χ3v) is 6.85. The third-order valence-electron chi connectivity index (χ3n) is 6.25. The summed E-state index contributed by atoms with van der Waals surface area (Å²) < 4.78 is 5.82. The number of hydrogen-bond acceptors (Lipinski definition) is 6. The van der Waals surface area contributed by atoms with Crippen molar-refractivity contribution in [1.82, 2.24) is 15.3 Å². The maximum absolute atomic E-state index is 12.6. The van der Waals surface area contributed by atoms with E-state index in [1.165, 1.54) is 6.20 Å². The van der Waals surface area contributed by atoms with Crippen LogP contribution in [-0.4, -0.2) is 47.7 Å². The summed E-state index contributed by atoms with van der Waals surface area (Å²) in [5.74, 6) is 1.56. The minimum absolute atomic E-state index is 0.0446. The topological polar surface area (TPSA) is 88.2 Å². The second-order valence-corrected chi connectivity index (χ2v) is 10.3. The molecule has 4 rings (SSSR count). The van der Waals surface area contributed by atoms with Gasteiger partial charge in [-0.3, -0.25) is 4.79 Å². The predicted octanol–water partition coefficient (Wildman–Crippen LogP) is 5.01. The van der Waals surface area contributed by atoms with E-state index >= 15 is 0 Å². The van der Waals surface area contributed by atoms with Gasteiger partial charge in [0, 0.05) is 31.5 Å². The fourth-order valence-electron chi connectivity index (χ4n) is 4.50. The number of amides is 1. The van der Waals surface area contributed by atoms with Crippen molar-refractivity contribution in [1.29, 1.82) is 0 Å². The maximum Gasteiger partial charge on any atom is 0.229 e. The van der Waals surface area contributed by atoms with Crippen LogP contribution >= 0.6 is 23.2 Å². The maximum atomic E-state index is 12.6. The van der Waals surface area contributed by atoms with Crippen molar-refractivity contribution in [3.05, 3.63) is 34.4 Å². The van der Waals surface area contributed by atoms with Crippen molar-refractivity contribution in [2.45, 2.75) is 45.1 Å². The minimum Gasteiger partial charge on any atom is -0.376 e. The number of nitrogens with one attached hydrogen (secondary N) is 3. The van der Waals surface area contributed by atoms with Crippen LogP contribution in [0.1, 0.15) is 39.5 Å². The number of aromatic nitrogens is 2. The zero-order chi connectivity index (χ0) is 23.4. The molecule has 2 atom stereocenters. The fraction of sp³-hybridized carbons (Fsp3) is 0.542. The van der Waals surface area contributed by atoms with Crippen LogP contribution in [0, 0.1) is 11.8 Å². The van der Waals surface area contributed by atoms with E-state index in [-0.39, 0.29) is 17.4 Å². The molecule has 2 aromatic heterocycles. The number of ether oxygens (including phenoxy) is 1. The van der Waals surface area contributed by atoms with Crippen LogP contribution in [0.2, 0.25) is 10.0 Å². The number of nitrogens with zero attached hydrogens (tertiary/aromatic N) is 2. The standard InChI is InChI=1S/C24H31Cl2N5O2/c1-24(2)11-15(7-9-33-24)12-28-20-6-5-18(25)22(30-20)17-10-21(29-14-19(17)26)31-23(32)16-4-3-8-27-13-16/h5-6,10,14-16,27H,3-4,7-9,11-13H2,1-2H3,(H,28,30)(H,29,31,32)/t15?,16-/m1/s1. The molecule has 2 aromatic rings. The Morgan fingerprint density at radius 2 is 2.09 bits per heavy atom. The molecular weight excluding hydrogens is 461 g/mol. The number of piperidine rings is 1. The smallest absolute Gasteiger partial charge is 0.229 e. The molecule has 0 radical (unpaired) electrons. The number of anilines is 2. The molecule has 4 heterocycles. The molecule has 178 valence electrons. The van der Waals surface area contributed by atoms with Crippen LogP contribution in [0.3, 0.4) is 0 Å². The normalized spacial score (nSPS) is 22.5. The van der Waals surface area contributed by atoms with Crippen LogP contribution in [0.4, 0.5) is 11.6 Å². The van der Waals surface area contributed by atoms with Gasteiger partial charge in [0.2, 0.25) is 5.91 Å². The molecule has 33 heavy (non-hydrogen) atoms. The molecule has 1 amide bonds. The van der Waals surface area contributed by atoms with Gasteiger partial charge in [0.25, 0.3) is 0 Å². The number of halogens is 2. The highest BCUT2D eigenvalue weighted by atomic mass is 35.5. The highest BCUT2D eigenvalue weighted by molar-refractivity contribution is 6.36. The van der Waals surface area contributed by atoms with Gasteiger partial charge in [-0.2, -0.15) is 0 Å². The Kier molecular flexibility index (Phi) is 7.74. The summed E-state index contributed by atoms with van der Waals surface area (Å²) in [5.41, 5.74) is 1.09. The molecule has 0 saturated carbocycles. The molecule has 2 aliphatic heterocycles. The van der Waals surface area contributed by atoms with Crippen LogP contribution in [0.5, 0.6) is 0 Å². The zero-order valence-electron chi connectivity index (χ0n) is 19.1.